The van der Waals surface area contributed by atoms with E-state index in [1.165, 1.54) is 12.1 Å². The van der Waals surface area contributed by atoms with Gasteiger partial charge in [0, 0.05) is 35.8 Å². The number of hydrogen-bond donors (Lipinski definition) is 1. The highest BCUT2D eigenvalue weighted by molar-refractivity contribution is 5.93. The summed E-state index contributed by atoms with van der Waals surface area (Å²) in [5, 5.41) is 3.81. The number of amides is 1. The lowest BCUT2D eigenvalue weighted by atomic mass is 9.99. The van der Waals surface area contributed by atoms with Gasteiger partial charge in [0.2, 0.25) is 5.91 Å². The van der Waals surface area contributed by atoms with Gasteiger partial charge in [-0.1, -0.05) is 12.1 Å². The summed E-state index contributed by atoms with van der Waals surface area (Å²) in [4.78, 5) is 17.1. The third-order valence-corrected chi connectivity index (χ3v) is 5.02. The summed E-state index contributed by atoms with van der Waals surface area (Å²) in [6, 6.07) is 14.2. The molecular weight excluding hydrogens is 343 g/mol. The van der Waals surface area contributed by atoms with Gasteiger partial charge in [0.15, 0.2) is 0 Å². The van der Waals surface area contributed by atoms with Crippen molar-refractivity contribution in [3.05, 3.63) is 59.9 Å². The maximum absolute atomic E-state index is 13.3. The van der Waals surface area contributed by atoms with Crippen molar-refractivity contribution < 1.29 is 13.9 Å². The Hall–Kier alpha value is -2.79. The molecule has 0 radical (unpaired) electrons. The number of aromatic nitrogens is 1. The number of aryl methyl sites for hydroxylation is 1. The summed E-state index contributed by atoms with van der Waals surface area (Å²) < 4.78 is 18.6. The van der Waals surface area contributed by atoms with E-state index in [-0.39, 0.29) is 17.6 Å². The number of pyridine rings is 1. The zero-order valence-electron chi connectivity index (χ0n) is 15.2. The number of carbonyl (C=O) groups excluding carboxylic acids is 1. The summed E-state index contributed by atoms with van der Waals surface area (Å²) in [5.41, 5.74) is 4.33. The van der Waals surface area contributed by atoms with Crippen molar-refractivity contribution in [2.24, 2.45) is 5.92 Å². The Labute approximate surface area is 157 Å². The van der Waals surface area contributed by atoms with E-state index in [1.54, 1.807) is 6.07 Å². The van der Waals surface area contributed by atoms with Crippen LogP contribution in [0, 0.1) is 18.7 Å². The van der Waals surface area contributed by atoms with Crippen LogP contribution in [0.3, 0.4) is 0 Å². The standard InChI is InChI=1S/C22H21FN2O2/c1-14-12-16(20-6-3-17-13-18(23)4-7-21(17)24-20)2-5-19(14)25-22(26)15-8-10-27-11-9-15/h2-7,12-13,15H,8-11H2,1H3,(H,25,26). The Bertz CT molecular complexity index is 997. The Balaban J connectivity index is 1.56. The molecule has 27 heavy (non-hydrogen) atoms. The third-order valence-electron chi connectivity index (χ3n) is 5.02. The molecule has 4 rings (SSSR count). The van der Waals surface area contributed by atoms with Crippen LogP contribution in [0.2, 0.25) is 0 Å². The summed E-state index contributed by atoms with van der Waals surface area (Å²) >= 11 is 0. The number of anilines is 1. The van der Waals surface area contributed by atoms with Crippen molar-refractivity contribution in [2.75, 3.05) is 18.5 Å². The van der Waals surface area contributed by atoms with E-state index >= 15 is 0 Å². The predicted molar refractivity (Wildman–Crippen MR) is 104 cm³/mol. The summed E-state index contributed by atoms with van der Waals surface area (Å²) in [6.45, 7) is 3.26. The fourth-order valence-electron chi connectivity index (χ4n) is 3.42. The van der Waals surface area contributed by atoms with Crippen molar-refractivity contribution in [1.29, 1.82) is 0 Å². The number of halogens is 1. The molecule has 1 fully saturated rings. The SMILES string of the molecule is Cc1cc(-c2ccc3cc(F)ccc3n2)ccc1NC(=O)C1CCOCC1. The van der Waals surface area contributed by atoms with Crippen LogP contribution in [0.1, 0.15) is 18.4 Å². The second-order valence-corrected chi connectivity index (χ2v) is 6.94. The van der Waals surface area contributed by atoms with Gasteiger partial charge >= 0.3 is 0 Å². The first-order valence-corrected chi connectivity index (χ1v) is 9.16. The Morgan fingerprint density at radius 1 is 1.11 bits per heavy atom. The normalized spacial score (nSPS) is 15.0. The number of benzene rings is 2. The van der Waals surface area contributed by atoms with Crippen molar-refractivity contribution in [3.63, 3.8) is 0 Å². The highest BCUT2D eigenvalue weighted by atomic mass is 19.1. The van der Waals surface area contributed by atoms with Gasteiger partial charge in [0.25, 0.3) is 0 Å². The summed E-state index contributed by atoms with van der Waals surface area (Å²) in [7, 11) is 0. The Kier molecular flexibility index (Phi) is 4.86. The largest absolute Gasteiger partial charge is 0.381 e. The first-order valence-electron chi connectivity index (χ1n) is 9.16. The number of nitrogens with zero attached hydrogens (tertiary/aromatic N) is 1. The number of nitrogens with one attached hydrogen (secondary N) is 1. The molecule has 2 aromatic carbocycles. The van der Waals surface area contributed by atoms with Crippen LogP contribution in [-0.4, -0.2) is 24.1 Å². The van der Waals surface area contributed by atoms with Gasteiger partial charge in [0.1, 0.15) is 5.82 Å². The Morgan fingerprint density at radius 3 is 2.70 bits per heavy atom. The quantitative estimate of drug-likeness (QED) is 0.732. The van der Waals surface area contributed by atoms with Crippen LogP contribution >= 0.6 is 0 Å². The minimum atomic E-state index is -0.266. The van der Waals surface area contributed by atoms with Crippen molar-refractivity contribution in [1.82, 2.24) is 4.98 Å². The van der Waals surface area contributed by atoms with Crippen LogP contribution < -0.4 is 5.32 Å². The minimum Gasteiger partial charge on any atom is -0.381 e. The van der Waals surface area contributed by atoms with Crippen LogP contribution in [-0.2, 0) is 9.53 Å². The van der Waals surface area contributed by atoms with Gasteiger partial charge in [-0.2, -0.15) is 0 Å². The van der Waals surface area contributed by atoms with Gasteiger partial charge in [-0.15, -0.1) is 0 Å². The maximum Gasteiger partial charge on any atom is 0.227 e. The molecule has 0 bridgehead atoms. The Morgan fingerprint density at radius 2 is 1.93 bits per heavy atom. The molecular formula is C22H21FN2O2. The molecule has 0 unspecified atom stereocenters. The molecule has 1 aliphatic heterocycles. The summed E-state index contributed by atoms with van der Waals surface area (Å²) in [5.74, 6) is -0.196. The first kappa shape index (κ1) is 17.6. The van der Waals surface area contributed by atoms with Crippen molar-refractivity contribution >= 4 is 22.5 Å². The fourth-order valence-corrected chi connectivity index (χ4v) is 3.42. The number of carbonyl (C=O) groups is 1. The van der Waals surface area contributed by atoms with E-state index in [4.69, 9.17) is 4.74 Å². The van der Waals surface area contributed by atoms with E-state index in [1.807, 2.05) is 37.3 Å². The van der Waals surface area contributed by atoms with E-state index in [9.17, 15) is 9.18 Å². The molecule has 0 aliphatic carbocycles. The molecule has 5 heteroatoms. The molecule has 1 saturated heterocycles. The lowest BCUT2D eigenvalue weighted by Crippen LogP contribution is -2.28. The second-order valence-electron chi connectivity index (χ2n) is 6.94. The van der Waals surface area contributed by atoms with E-state index in [2.05, 4.69) is 10.3 Å². The minimum absolute atomic E-state index is 0.0142. The number of hydrogen-bond acceptors (Lipinski definition) is 3. The molecule has 1 aromatic heterocycles. The molecule has 2 heterocycles. The van der Waals surface area contributed by atoms with Gasteiger partial charge in [0.05, 0.1) is 11.2 Å². The van der Waals surface area contributed by atoms with E-state index in [0.717, 1.165) is 46.3 Å². The molecule has 1 amide bonds. The highest BCUT2D eigenvalue weighted by Gasteiger charge is 2.22. The van der Waals surface area contributed by atoms with Crippen LogP contribution in [0.5, 0.6) is 0 Å². The van der Waals surface area contributed by atoms with Crippen molar-refractivity contribution in [3.8, 4) is 11.3 Å². The molecule has 0 saturated carbocycles. The lowest BCUT2D eigenvalue weighted by molar-refractivity contribution is -0.122. The molecule has 1 aliphatic rings. The smallest absolute Gasteiger partial charge is 0.227 e. The second kappa shape index (κ2) is 7.45. The summed E-state index contributed by atoms with van der Waals surface area (Å²) in [6.07, 6.45) is 1.54. The van der Waals surface area contributed by atoms with Gasteiger partial charge < -0.3 is 10.1 Å². The first-order chi connectivity index (χ1) is 13.1. The molecule has 138 valence electrons. The van der Waals surface area contributed by atoms with E-state index < -0.39 is 0 Å². The molecule has 0 spiro atoms. The predicted octanol–water partition coefficient (Wildman–Crippen LogP) is 4.71. The number of rotatable bonds is 3. The lowest BCUT2D eigenvalue weighted by Gasteiger charge is -2.21. The van der Waals surface area contributed by atoms with Gasteiger partial charge in [-0.05, 0) is 61.7 Å². The fraction of sp³-hybridized carbons (Fsp3) is 0.273. The zero-order chi connectivity index (χ0) is 18.8. The molecule has 0 atom stereocenters. The average Bonchev–Trinajstić information content (AvgIpc) is 2.69. The maximum atomic E-state index is 13.3. The molecule has 3 aromatic rings. The highest BCUT2D eigenvalue weighted by Crippen LogP contribution is 2.26. The van der Waals surface area contributed by atoms with E-state index in [0.29, 0.717) is 13.2 Å². The van der Waals surface area contributed by atoms with Gasteiger partial charge in [-0.3, -0.25) is 4.79 Å². The van der Waals surface area contributed by atoms with Crippen LogP contribution in [0.4, 0.5) is 10.1 Å². The number of fused-ring (bicyclic) bond motifs is 1. The topological polar surface area (TPSA) is 51.2 Å². The molecule has 4 nitrogen and oxygen atoms in total. The average molecular weight is 364 g/mol. The van der Waals surface area contributed by atoms with Crippen LogP contribution in [0.25, 0.3) is 22.2 Å². The van der Waals surface area contributed by atoms with Gasteiger partial charge in [-0.25, -0.2) is 9.37 Å². The number of ether oxygens (including phenoxy) is 1. The monoisotopic (exact) mass is 364 g/mol. The molecule has 1 N–H and O–H groups in total. The van der Waals surface area contributed by atoms with Crippen molar-refractivity contribution in [2.45, 2.75) is 19.8 Å². The van der Waals surface area contributed by atoms with Crippen LogP contribution in [0.15, 0.2) is 48.5 Å². The third kappa shape index (κ3) is 3.83. The zero-order valence-corrected chi connectivity index (χ0v) is 15.2.